The topological polar surface area (TPSA) is 57.6 Å². The highest BCUT2D eigenvalue weighted by Crippen LogP contribution is 2.47. The Morgan fingerprint density at radius 3 is 2.31 bits per heavy atom. The molecule has 2 aliphatic carbocycles. The smallest absolute Gasteiger partial charge is 0.233 e. The van der Waals surface area contributed by atoms with E-state index in [9.17, 15) is 14.7 Å². The van der Waals surface area contributed by atoms with Gasteiger partial charge in [0.1, 0.15) is 0 Å². The van der Waals surface area contributed by atoms with Gasteiger partial charge in [-0.05, 0) is 25.2 Å². The van der Waals surface area contributed by atoms with E-state index < -0.39 is 6.10 Å². The van der Waals surface area contributed by atoms with Crippen LogP contribution in [0.2, 0.25) is 0 Å². The molecule has 3 atom stereocenters. The minimum atomic E-state index is -0.507. The zero-order valence-corrected chi connectivity index (χ0v) is 9.26. The Morgan fingerprint density at radius 2 is 1.75 bits per heavy atom. The highest BCUT2D eigenvalue weighted by molar-refractivity contribution is 6.08. The minimum absolute atomic E-state index is 0.0386. The van der Waals surface area contributed by atoms with Gasteiger partial charge in [0.25, 0.3) is 0 Å². The summed E-state index contributed by atoms with van der Waals surface area (Å²) in [6.07, 6.45) is 4.62. The van der Waals surface area contributed by atoms with Gasteiger partial charge in [0, 0.05) is 0 Å². The van der Waals surface area contributed by atoms with Gasteiger partial charge in [-0.15, -0.1) is 0 Å². The number of aliphatic hydroxyl groups is 1. The van der Waals surface area contributed by atoms with Crippen LogP contribution in [-0.4, -0.2) is 34.5 Å². The first kappa shape index (κ1) is 10.3. The number of nitrogens with zero attached hydrogens (tertiary/aromatic N) is 1. The minimum Gasteiger partial charge on any atom is -0.391 e. The van der Waals surface area contributed by atoms with E-state index in [0.717, 1.165) is 32.1 Å². The van der Waals surface area contributed by atoms with Crippen LogP contribution in [0.15, 0.2) is 0 Å². The summed E-state index contributed by atoms with van der Waals surface area (Å²) < 4.78 is 0. The third kappa shape index (κ3) is 1.47. The number of hydrogen-bond donors (Lipinski definition) is 1. The summed E-state index contributed by atoms with van der Waals surface area (Å²) in [6, 6.07) is 0. The molecule has 0 aromatic carbocycles. The Balaban J connectivity index is 1.62. The van der Waals surface area contributed by atoms with Crippen LogP contribution in [0, 0.1) is 17.8 Å². The van der Waals surface area contributed by atoms with E-state index in [0.29, 0.717) is 0 Å². The van der Waals surface area contributed by atoms with Gasteiger partial charge in [-0.25, -0.2) is 0 Å². The van der Waals surface area contributed by atoms with Crippen LogP contribution < -0.4 is 0 Å². The number of imide groups is 1. The van der Waals surface area contributed by atoms with Crippen molar-refractivity contribution in [2.75, 3.05) is 6.54 Å². The van der Waals surface area contributed by atoms with Gasteiger partial charge in [-0.2, -0.15) is 0 Å². The van der Waals surface area contributed by atoms with Crippen LogP contribution in [0.1, 0.15) is 32.1 Å². The monoisotopic (exact) mass is 223 g/mol. The lowest BCUT2D eigenvalue weighted by Gasteiger charge is -2.24. The first-order valence-electron chi connectivity index (χ1n) is 6.22. The molecule has 16 heavy (non-hydrogen) atoms. The van der Waals surface area contributed by atoms with Gasteiger partial charge in [0.2, 0.25) is 11.8 Å². The van der Waals surface area contributed by atoms with Crippen LogP contribution in [0.25, 0.3) is 0 Å². The second-order valence-electron chi connectivity index (χ2n) is 5.35. The molecule has 88 valence electrons. The molecule has 4 nitrogen and oxygen atoms in total. The normalized spacial score (nSPS) is 35.7. The van der Waals surface area contributed by atoms with E-state index in [1.807, 2.05) is 0 Å². The predicted octanol–water partition coefficient (Wildman–Crippen LogP) is 0.542. The third-order valence-corrected chi connectivity index (χ3v) is 4.27. The molecule has 0 aromatic rings. The molecule has 2 saturated carbocycles. The fourth-order valence-corrected chi connectivity index (χ4v) is 3.11. The molecule has 0 aromatic heterocycles. The molecule has 2 amide bonds. The zero-order chi connectivity index (χ0) is 11.3. The van der Waals surface area contributed by atoms with Crippen molar-refractivity contribution in [1.82, 2.24) is 4.90 Å². The molecule has 3 unspecified atom stereocenters. The average Bonchev–Trinajstić information content (AvgIpc) is 2.81. The Morgan fingerprint density at radius 1 is 1.19 bits per heavy atom. The fourth-order valence-electron chi connectivity index (χ4n) is 3.11. The molecule has 3 rings (SSSR count). The van der Waals surface area contributed by atoms with Crippen molar-refractivity contribution in [3.8, 4) is 0 Å². The molecule has 4 heteroatoms. The quantitative estimate of drug-likeness (QED) is 0.710. The highest BCUT2D eigenvalue weighted by Gasteiger charge is 2.59. The van der Waals surface area contributed by atoms with Crippen molar-refractivity contribution in [3.05, 3.63) is 0 Å². The molecule has 1 aliphatic heterocycles. The molecule has 0 bridgehead atoms. The van der Waals surface area contributed by atoms with Crippen molar-refractivity contribution < 1.29 is 14.7 Å². The van der Waals surface area contributed by atoms with E-state index in [1.165, 1.54) is 4.90 Å². The maximum atomic E-state index is 11.7. The summed E-state index contributed by atoms with van der Waals surface area (Å²) in [5.41, 5.74) is 0. The Bertz CT molecular complexity index is 315. The van der Waals surface area contributed by atoms with E-state index in [2.05, 4.69) is 0 Å². The van der Waals surface area contributed by atoms with Crippen molar-refractivity contribution in [2.45, 2.75) is 38.2 Å². The summed E-state index contributed by atoms with van der Waals surface area (Å²) >= 11 is 0. The van der Waals surface area contributed by atoms with E-state index >= 15 is 0 Å². The number of aliphatic hydroxyl groups excluding tert-OH is 1. The average molecular weight is 223 g/mol. The first-order chi connectivity index (χ1) is 7.68. The van der Waals surface area contributed by atoms with Crippen LogP contribution in [0.3, 0.4) is 0 Å². The van der Waals surface area contributed by atoms with Crippen LogP contribution in [-0.2, 0) is 9.59 Å². The van der Waals surface area contributed by atoms with Crippen LogP contribution in [0.5, 0.6) is 0 Å². The molecule has 3 aliphatic rings. The number of fused-ring (bicyclic) bond motifs is 1. The molecule has 1 saturated heterocycles. The van der Waals surface area contributed by atoms with Gasteiger partial charge in [0.05, 0.1) is 24.5 Å². The number of likely N-dealkylation sites (tertiary alicyclic amines) is 1. The fraction of sp³-hybridized carbons (Fsp3) is 0.833. The third-order valence-electron chi connectivity index (χ3n) is 4.27. The van der Waals surface area contributed by atoms with Crippen LogP contribution >= 0.6 is 0 Å². The summed E-state index contributed by atoms with van der Waals surface area (Å²) in [6.45, 7) is 0.231. The van der Waals surface area contributed by atoms with Crippen molar-refractivity contribution >= 4 is 11.8 Å². The Labute approximate surface area is 94.6 Å². The van der Waals surface area contributed by atoms with Gasteiger partial charge in [-0.3, -0.25) is 14.5 Å². The summed E-state index contributed by atoms with van der Waals surface area (Å²) in [5.74, 6) is 0.114. The predicted molar refractivity (Wildman–Crippen MR) is 56.3 cm³/mol. The number of rotatable bonds is 3. The van der Waals surface area contributed by atoms with Crippen LogP contribution in [0.4, 0.5) is 0 Å². The second kappa shape index (κ2) is 3.55. The lowest BCUT2D eigenvalue weighted by atomic mass is 10.0. The number of carbonyl (C=O) groups is 2. The van der Waals surface area contributed by atoms with Crippen molar-refractivity contribution in [2.24, 2.45) is 17.8 Å². The maximum Gasteiger partial charge on any atom is 0.233 e. The highest BCUT2D eigenvalue weighted by atomic mass is 16.3. The van der Waals surface area contributed by atoms with Gasteiger partial charge in [0.15, 0.2) is 0 Å². The molecular formula is C12H17NO3. The standard InChI is InChI=1S/C12H17NO3/c14-10(7-3-1-2-4-7)6-13-11(15)8-5-9(8)12(13)16/h7-10,14H,1-6H2. The number of hydrogen-bond acceptors (Lipinski definition) is 3. The molecule has 1 N–H and O–H groups in total. The van der Waals surface area contributed by atoms with Gasteiger partial charge < -0.3 is 5.11 Å². The maximum absolute atomic E-state index is 11.7. The summed E-state index contributed by atoms with van der Waals surface area (Å²) in [7, 11) is 0. The lowest BCUT2D eigenvalue weighted by molar-refractivity contribution is -0.143. The van der Waals surface area contributed by atoms with Gasteiger partial charge in [-0.1, -0.05) is 12.8 Å². The zero-order valence-electron chi connectivity index (χ0n) is 9.26. The molecule has 0 radical (unpaired) electrons. The van der Waals surface area contributed by atoms with E-state index in [4.69, 9.17) is 0 Å². The summed E-state index contributed by atoms with van der Waals surface area (Å²) in [5, 5.41) is 10.00. The molecule has 1 heterocycles. The van der Waals surface area contributed by atoms with Gasteiger partial charge >= 0.3 is 0 Å². The lowest BCUT2D eigenvalue weighted by Crippen LogP contribution is -2.41. The molecular weight excluding hydrogens is 206 g/mol. The number of carbonyl (C=O) groups excluding carboxylic acids is 2. The SMILES string of the molecule is O=C1C2CC2C(=O)N1CC(O)C1CCCC1. The number of β-amino-alcohol motifs (C(OH)–C–C–N with tert-alkyl or cyclic N) is 1. The second-order valence-corrected chi connectivity index (χ2v) is 5.35. The summed E-state index contributed by atoms with van der Waals surface area (Å²) in [4.78, 5) is 24.7. The first-order valence-corrected chi connectivity index (χ1v) is 6.22. The van der Waals surface area contributed by atoms with Crippen molar-refractivity contribution in [1.29, 1.82) is 0 Å². The van der Waals surface area contributed by atoms with E-state index in [1.54, 1.807) is 0 Å². The Hall–Kier alpha value is -0.900. The molecule has 0 spiro atoms. The van der Waals surface area contributed by atoms with Crippen molar-refractivity contribution in [3.63, 3.8) is 0 Å². The molecule has 3 fully saturated rings. The van der Waals surface area contributed by atoms with E-state index in [-0.39, 0.29) is 36.1 Å². The Kier molecular flexibility index (Phi) is 2.28. The number of piperidine rings is 1. The largest absolute Gasteiger partial charge is 0.391 e. The number of amides is 2.